The Hall–Kier alpha value is -3.17. The molecule has 0 spiro atoms. The number of benzene rings is 2. The number of rotatable bonds is 6. The number of ether oxygens (including phenoxy) is 1. The Morgan fingerprint density at radius 3 is 2.76 bits per heavy atom. The van der Waals surface area contributed by atoms with Gasteiger partial charge in [-0.25, -0.2) is 4.98 Å². The molecule has 0 fully saturated rings. The van der Waals surface area contributed by atoms with Crippen LogP contribution < -0.4 is 10.2 Å². The lowest BCUT2D eigenvalue weighted by Gasteiger charge is -2.07. The molecule has 1 N–H and O–H groups in total. The van der Waals surface area contributed by atoms with Crippen molar-refractivity contribution in [1.29, 1.82) is 5.26 Å². The van der Waals surface area contributed by atoms with Gasteiger partial charge in [0.25, 0.3) is 0 Å². The van der Waals surface area contributed by atoms with Gasteiger partial charge < -0.3 is 4.74 Å². The van der Waals surface area contributed by atoms with Crippen LogP contribution in [-0.4, -0.2) is 11.2 Å². The number of anilines is 1. The summed E-state index contributed by atoms with van der Waals surface area (Å²) in [5.41, 5.74) is 6.33. The summed E-state index contributed by atoms with van der Waals surface area (Å²) < 4.78 is 5.75. The van der Waals surface area contributed by atoms with Crippen LogP contribution in [-0.2, 0) is 6.61 Å². The third-order valence-electron chi connectivity index (χ3n) is 3.41. The number of hydrogen-bond acceptors (Lipinski definition) is 6. The zero-order valence-corrected chi connectivity index (χ0v) is 14.5. The third kappa shape index (κ3) is 4.66. The van der Waals surface area contributed by atoms with Crippen molar-refractivity contribution in [3.8, 4) is 11.8 Å². The highest BCUT2D eigenvalue weighted by Gasteiger charge is 2.02. The van der Waals surface area contributed by atoms with E-state index in [9.17, 15) is 0 Å². The van der Waals surface area contributed by atoms with Crippen molar-refractivity contribution < 1.29 is 4.74 Å². The molecule has 25 heavy (non-hydrogen) atoms. The number of nitriles is 1. The van der Waals surface area contributed by atoms with Gasteiger partial charge in [0.15, 0.2) is 0 Å². The Labute approximate surface area is 150 Å². The van der Waals surface area contributed by atoms with Gasteiger partial charge in [0.05, 0.1) is 23.5 Å². The molecule has 2 aromatic carbocycles. The molecular weight excluding hydrogens is 332 g/mol. The molecule has 5 nitrogen and oxygen atoms in total. The number of thiazole rings is 1. The summed E-state index contributed by atoms with van der Waals surface area (Å²) in [4.78, 5) is 4.27. The summed E-state index contributed by atoms with van der Waals surface area (Å²) in [6, 6.07) is 17.2. The van der Waals surface area contributed by atoms with E-state index in [-0.39, 0.29) is 0 Å². The predicted molar refractivity (Wildman–Crippen MR) is 100.0 cm³/mol. The zero-order chi connectivity index (χ0) is 17.5. The number of nitrogens with zero attached hydrogens (tertiary/aromatic N) is 3. The zero-order valence-electron chi connectivity index (χ0n) is 13.6. The number of aryl methyl sites for hydroxylation is 1. The predicted octanol–water partition coefficient (Wildman–Crippen LogP) is 4.35. The van der Waals surface area contributed by atoms with E-state index in [0.29, 0.717) is 12.2 Å². The molecule has 0 aliphatic heterocycles. The molecule has 3 aromatic rings. The third-order valence-corrected chi connectivity index (χ3v) is 4.27. The van der Waals surface area contributed by atoms with Crippen molar-refractivity contribution in [3.05, 3.63) is 76.3 Å². The van der Waals surface area contributed by atoms with Crippen LogP contribution in [0, 0.1) is 18.3 Å². The van der Waals surface area contributed by atoms with Gasteiger partial charge in [-0.15, -0.1) is 11.3 Å². The van der Waals surface area contributed by atoms with E-state index in [2.05, 4.69) is 21.6 Å². The second-order valence-electron chi connectivity index (χ2n) is 5.29. The summed E-state index contributed by atoms with van der Waals surface area (Å²) in [5, 5.41) is 16.0. The van der Waals surface area contributed by atoms with E-state index in [4.69, 9.17) is 10.00 Å². The molecule has 0 unspecified atom stereocenters. The highest BCUT2D eigenvalue weighted by atomic mass is 32.1. The van der Waals surface area contributed by atoms with Crippen LogP contribution in [0.15, 0.2) is 59.0 Å². The van der Waals surface area contributed by atoms with Crippen molar-refractivity contribution in [2.75, 3.05) is 5.43 Å². The molecule has 0 atom stereocenters. The van der Waals surface area contributed by atoms with Crippen LogP contribution >= 0.6 is 11.3 Å². The highest BCUT2D eigenvalue weighted by Crippen LogP contribution is 2.16. The molecule has 1 heterocycles. The molecule has 6 heteroatoms. The fourth-order valence-corrected chi connectivity index (χ4v) is 2.77. The van der Waals surface area contributed by atoms with Crippen LogP contribution in [0.3, 0.4) is 0 Å². The van der Waals surface area contributed by atoms with E-state index < -0.39 is 0 Å². The first-order valence-corrected chi connectivity index (χ1v) is 8.54. The summed E-state index contributed by atoms with van der Waals surface area (Å²) in [6.07, 6.45) is 1.73. The smallest absolute Gasteiger partial charge is 0.203 e. The van der Waals surface area contributed by atoms with Crippen LogP contribution in [0.5, 0.6) is 5.75 Å². The standard InChI is InChI=1S/C19H16N4OS/c1-14-13-25-19(22-14)23-21-11-15-6-8-18(9-7-15)24-12-17-5-3-2-4-16(17)10-20/h2-9,11,13H,12H2,1H3,(H,22,23). The van der Waals surface area contributed by atoms with Gasteiger partial charge in [-0.2, -0.15) is 10.4 Å². The van der Waals surface area contributed by atoms with Gasteiger partial charge in [0.2, 0.25) is 5.13 Å². The average molecular weight is 348 g/mol. The molecule has 0 aliphatic rings. The molecule has 0 bridgehead atoms. The van der Waals surface area contributed by atoms with E-state index in [1.807, 2.05) is 54.8 Å². The van der Waals surface area contributed by atoms with Crippen LogP contribution in [0.4, 0.5) is 5.13 Å². The quantitative estimate of drug-likeness (QED) is 0.531. The SMILES string of the molecule is Cc1csc(NN=Cc2ccc(OCc3ccccc3C#N)cc2)n1. The van der Waals surface area contributed by atoms with Crippen LogP contribution in [0.25, 0.3) is 0 Å². The first kappa shape index (κ1) is 16.7. The summed E-state index contributed by atoms with van der Waals surface area (Å²) in [5.74, 6) is 0.744. The Bertz CT molecular complexity index is 910. The Morgan fingerprint density at radius 2 is 2.04 bits per heavy atom. The molecule has 0 amide bonds. The Morgan fingerprint density at radius 1 is 1.24 bits per heavy atom. The van der Waals surface area contributed by atoms with E-state index in [1.165, 1.54) is 11.3 Å². The first-order valence-electron chi connectivity index (χ1n) is 7.66. The molecule has 0 saturated carbocycles. The Kier molecular flexibility index (Phi) is 5.39. The van der Waals surface area contributed by atoms with Gasteiger partial charge in [0, 0.05) is 10.9 Å². The minimum Gasteiger partial charge on any atom is -0.489 e. The van der Waals surface area contributed by atoms with Crippen LogP contribution in [0.1, 0.15) is 22.4 Å². The maximum Gasteiger partial charge on any atom is 0.203 e. The lowest BCUT2D eigenvalue weighted by molar-refractivity contribution is 0.306. The normalized spacial score (nSPS) is 10.6. The van der Waals surface area contributed by atoms with E-state index in [1.54, 1.807) is 12.3 Å². The van der Waals surface area contributed by atoms with E-state index in [0.717, 1.165) is 27.7 Å². The minimum absolute atomic E-state index is 0.363. The van der Waals surface area contributed by atoms with Gasteiger partial charge in [-0.3, -0.25) is 5.43 Å². The van der Waals surface area contributed by atoms with Crippen molar-refractivity contribution in [1.82, 2.24) is 4.98 Å². The summed E-state index contributed by atoms with van der Waals surface area (Å²) in [7, 11) is 0. The van der Waals surface area contributed by atoms with Crippen molar-refractivity contribution in [2.45, 2.75) is 13.5 Å². The maximum atomic E-state index is 9.09. The lowest BCUT2D eigenvalue weighted by atomic mass is 10.1. The molecule has 1 aromatic heterocycles. The number of hydrazone groups is 1. The molecular formula is C19H16N4OS. The maximum absolute atomic E-state index is 9.09. The summed E-state index contributed by atoms with van der Waals surface area (Å²) >= 11 is 1.52. The Balaban J connectivity index is 1.56. The monoisotopic (exact) mass is 348 g/mol. The summed E-state index contributed by atoms with van der Waals surface area (Å²) in [6.45, 7) is 2.31. The molecule has 0 saturated heterocycles. The van der Waals surface area contributed by atoms with E-state index >= 15 is 0 Å². The molecule has 0 aliphatic carbocycles. The van der Waals surface area contributed by atoms with Crippen molar-refractivity contribution >= 4 is 22.7 Å². The fourth-order valence-electron chi connectivity index (χ4n) is 2.13. The van der Waals surface area contributed by atoms with Gasteiger partial charge >= 0.3 is 0 Å². The van der Waals surface area contributed by atoms with Gasteiger partial charge in [-0.1, -0.05) is 18.2 Å². The number of hydrogen-bond donors (Lipinski definition) is 1. The van der Waals surface area contributed by atoms with Crippen molar-refractivity contribution in [2.24, 2.45) is 5.10 Å². The first-order chi connectivity index (χ1) is 12.2. The van der Waals surface area contributed by atoms with Crippen LogP contribution in [0.2, 0.25) is 0 Å². The average Bonchev–Trinajstić information content (AvgIpc) is 3.06. The van der Waals surface area contributed by atoms with Gasteiger partial charge in [-0.05, 0) is 42.8 Å². The van der Waals surface area contributed by atoms with Crippen molar-refractivity contribution in [3.63, 3.8) is 0 Å². The fraction of sp³-hybridized carbons (Fsp3) is 0.105. The lowest BCUT2D eigenvalue weighted by Crippen LogP contribution is -1.98. The molecule has 0 radical (unpaired) electrons. The number of aromatic nitrogens is 1. The largest absolute Gasteiger partial charge is 0.489 e. The molecule has 124 valence electrons. The second kappa shape index (κ2) is 8.08. The second-order valence-corrected chi connectivity index (χ2v) is 6.15. The highest BCUT2D eigenvalue weighted by molar-refractivity contribution is 7.13. The number of nitrogens with one attached hydrogen (secondary N) is 1. The van der Waals surface area contributed by atoms with Gasteiger partial charge in [0.1, 0.15) is 12.4 Å². The minimum atomic E-state index is 0.363. The topological polar surface area (TPSA) is 70.3 Å². The molecule has 3 rings (SSSR count).